The van der Waals surface area contributed by atoms with Gasteiger partial charge in [0, 0.05) is 17.2 Å². The molecule has 0 aliphatic carbocycles. The third-order valence-corrected chi connectivity index (χ3v) is 2.32. The first kappa shape index (κ1) is 11.4. The Bertz CT molecular complexity index is 592. The molecule has 84 valence electrons. The van der Waals surface area contributed by atoms with Crippen LogP contribution in [0.4, 0.5) is 4.39 Å². The highest BCUT2D eigenvalue weighted by Crippen LogP contribution is 2.28. The highest BCUT2D eigenvalue weighted by Gasteiger charge is 2.06. The lowest BCUT2D eigenvalue weighted by Crippen LogP contribution is -1.88. The Morgan fingerprint density at radius 1 is 1.18 bits per heavy atom. The first-order valence-electron chi connectivity index (χ1n) is 4.82. The molecule has 0 atom stereocenters. The SMILES string of the molecule is N#Cc1ccc(Cl)cc1Oc1cccc(F)c1. The Morgan fingerprint density at radius 3 is 2.71 bits per heavy atom. The van der Waals surface area contributed by atoms with E-state index in [1.807, 2.05) is 6.07 Å². The van der Waals surface area contributed by atoms with Gasteiger partial charge in [-0.25, -0.2) is 4.39 Å². The van der Waals surface area contributed by atoms with Crippen molar-refractivity contribution in [2.24, 2.45) is 0 Å². The normalized spacial score (nSPS) is 9.71. The van der Waals surface area contributed by atoms with Gasteiger partial charge < -0.3 is 4.74 Å². The van der Waals surface area contributed by atoms with Crippen LogP contribution in [-0.4, -0.2) is 0 Å². The van der Waals surface area contributed by atoms with Crippen LogP contribution in [0.2, 0.25) is 5.02 Å². The maximum absolute atomic E-state index is 13.0. The van der Waals surface area contributed by atoms with E-state index in [2.05, 4.69) is 0 Å². The standard InChI is InChI=1S/C13H7ClFNO/c14-10-5-4-9(8-16)13(6-10)17-12-3-1-2-11(15)7-12/h1-7H. The van der Waals surface area contributed by atoms with Gasteiger partial charge in [-0.3, -0.25) is 0 Å². The summed E-state index contributed by atoms with van der Waals surface area (Å²) >= 11 is 5.81. The number of nitrogens with zero attached hydrogens (tertiary/aromatic N) is 1. The van der Waals surface area contributed by atoms with Crippen molar-refractivity contribution in [3.8, 4) is 17.6 Å². The highest BCUT2D eigenvalue weighted by atomic mass is 35.5. The van der Waals surface area contributed by atoms with Crippen LogP contribution < -0.4 is 4.74 Å². The zero-order valence-corrected chi connectivity index (χ0v) is 9.41. The van der Waals surface area contributed by atoms with Crippen molar-refractivity contribution >= 4 is 11.6 Å². The number of hydrogen-bond acceptors (Lipinski definition) is 2. The number of benzene rings is 2. The molecule has 4 heteroatoms. The molecular formula is C13H7ClFNO. The Hall–Kier alpha value is -2.05. The Balaban J connectivity index is 2.36. The molecule has 0 spiro atoms. The van der Waals surface area contributed by atoms with Crippen molar-refractivity contribution in [2.45, 2.75) is 0 Å². The number of nitriles is 1. The summed E-state index contributed by atoms with van der Waals surface area (Å²) < 4.78 is 18.4. The van der Waals surface area contributed by atoms with Gasteiger partial charge in [0.2, 0.25) is 0 Å². The fourth-order valence-corrected chi connectivity index (χ4v) is 1.49. The summed E-state index contributed by atoms with van der Waals surface area (Å²) in [7, 11) is 0. The molecule has 0 aliphatic heterocycles. The van der Waals surface area contributed by atoms with E-state index in [-0.39, 0.29) is 0 Å². The summed E-state index contributed by atoms with van der Waals surface area (Å²) in [4.78, 5) is 0. The quantitative estimate of drug-likeness (QED) is 0.799. The predicted octanol–water partition coefficient (Wildman–Crippen LogP) is 4.14. The third-order valence-electron chi connectivity index (χ3n) is 2.09. The van der Waals surface area contributed by atoms with Gasteiger partial charge in [-0.15, -0.1) is 0 Å². The zero-order chi connectivity index (χ0) is 12.3. The molecule has 2 nitrogen and oxygen atoms in total. The second kappa shape index (κ2) is 4.86. The molecule has 2 aromatic rings. The molecule has 0 aliphatic rings. The molecule has 17 heavy (non-hydrogen) atoms. The van der Waals surface area contributed by atoms with E-state index in [1.54, 1.807) is 18.2 Å². The first-order chi connectivity index (χ1) is 8.19. The number of ether oxygens (including phenoxy) is 1. The molecule has 2 aromatic carbocycles. The van der Waals surface area contributed by atoms with Crippen LogP contribution in [0.5, 0.6) is 11.5 Å². The van der Waals surface area contributed by atoms with Crippen molar-refractivity contribution in [1.82, 2.24) is 0 Å². The molecule has 0 radical (unpaired) electrons. The van der Waals surface area contributed by atoms with Gasteiger partial charge in [-0.1, -0.05) is 17.7 Å². The fraction of sp³-hybridized carbons (Fsp3) is 0. The molecule has 0 aromatic heterocycles. The molecular weight excluding hydrogens is 241 g/mol. The smallest absolute Gasteiger partial charge is 0.146 e. The van der Waals surface area contributed by atoms with Gasteiger partial charge >= 0.3 is 0 Å². The highest BCUT2D eigenvalue weighted by molar-refractivity contribution is 6.30. The van der Waals surface area contributed by atoms with Gasteiger partial charge in [-0.05, 0) is 24.3 Å². The average Bonchev–Trinajstić information content (AvgIpc) is 2.29. The van der Waals surface area contributed by atoms with Gasteiger partial charge in [-0.2, -0.15) is 5.26 Å². The Morgan fingerprint density at radius 2 is 2.00 bits per heavy atom. The summed E-state index contributed by atoms with van der Waals surface area (Å²) in [6.45, 7) is 0. The molecule has 2 rings (SSSR count). The molecule has 0 N–H and O–H groups in total. The predicted molar refractivity (Wildman–Crippen MR) is 62.6 cm³/mol. The van der Waals surface area contributed by atoms with Crippen LogP contribution in [0.3, 0.4) is 0 Å². The lowest BCUT2D eigenvalue weighted by molar-refractivity contribution is 0.475. The number of halogens is 2. The van der Waals surface area contributed by atoms with E-state index >= 15 is 0 Å². The minimum Gasteiger partial charge on any atom is -0.456 e. The van der Waals surface area contributed by atoms with Crippen LogP contribution in [0.25, 0.3) is 0 Å². The second-order valence-corrected chi connectivity index (χ2v) is 3.75. The molecule has 0 saturated carbocycles. The maximum Gasteiger partial charge on any atom is 0.146 e. The Kier molecular flexibility index (Phi) is 3.27. The van der Waals surface area contributed by atoms with Gasteiger partial charge in [0.1, 0.15) is 23.4 Å². The summed E-state index contributed by atoms with van der Waals surface area (Å²) in [5.41, 5.74) is 0.346. The van der Waals surface area contributed by atoms with Gasteiger partial charge in [0.15, 0.2) is 0 Å². The van der Waals surface area contributed by atoms with Crippen LogP contribution in [0.15, 0.2) is 42.5 Å². The van der Waals surface area contributed by atoms with Crippen LogP contribution in [0, 0.1) is 17.1 Å². The third kappa shape index (κ3) is 2.74. The molecule has 0 amide bonds. The van der Waals surface area contributed by atoms with Crippen LogP contribution in [0.1, 0.15) is 5.56 Å². The lowest BCUT2D eigenvalue weighted by Gasteiger charge is -2.07. The fourth-order valence-electron chi connectivity index (χ4n) is 1.33. The van der Waals surface area contributed by atoms with Gasteiger partial charge in [0.25, 0.3) is 0 Å². The number of hydrogen-bond donors (Lipinski definition) is 0. The molecule has 0 heterocycles. The van der Waals surface area contributed by atoms with E-state index in [0.717, 1.165) is 0 Å². The average molecular weight is 248 g/mol. The summed E-state index contributed by atoms with van der Waals surface area (Å²) in [5, 5.41) is 9.35. The van der Waals surface area contributed by atoms with E-state index < -0.39 is 5.82 Å². The zero-order valence-electron chi connectivity index (χ0n) is 8.65. The second-order valence-electron chi connectivity index (χ2n) is 3.31. The topological polar surface area (TPSA) is 33.0 Å². The molecule has 0 unspecified atom stereocenters. The van der Waals surface area contributed by atoms with Crippen molar-refractivity contribution < 1.29 is 9.13 Å². The summed E-state index contributed by atoms with van der Waals surface area (Å²) in [6, 6.07) is 12.3. The van der Waals surface area contributed by atoms with Crippen LogP contribution in [-0.2, 0) is 0 Å². The Labute approximate surface area is 103 Å². The van der Waals surface area contributed by atoms with Gasteiger partial charge in [0.05, 0.1) is 5.56 Å². The lowest BCUT2D eigenvalue weighted by atomic mass is 10.2. The van der Waals surface area contributed by atoms with E-state index in [0.29, 0.717) is 22.1 Å². The molecule has 0 fully saturated rings. The maximum atomic E-state index is 13.0. The van der Waals surface area contributed by atoms with E-state index in [9.17, 15) is 4.39 Å². The minimum absolute atomic E-state index is 0.311. The van der Waals surface area contributed by atoms with E-state index in [1.165, 1.54) is 24.3 Å². The largest absolute Gasteiger partial charge is 0.456 e. The van der Waals surface area contributed by atoms with E-state index in [4.69, 9.17) is 21.6 Å². The molecule has 0 bridgehead atoms. The van der Waals surface area contributed by atoms with Crippen molar-refractivity contribution in [1.29, 1.82) is 5.26 Å². The minimum atomic E-state index is -0.400. The van der Waals surface area contributed by atoms with Crippen molar-refractivity contribution in [2.75, 3.05) is 0 Å². The number of rotatable bonds is 2. The van der Waals surface area contributed by atoms with Crippen molar-refractivity contribution in [3.63, 3.8) is 0 Å². The van der Waals surface area contributed by atoms with Crippen LogP contribution >= 0.6 is 11.6 Å². The van der Waals surface area contributed by atoms with Crippen molar-refractivity contribution in [3.05, 3.63) is 58.9 Å². The summed E-state index contributed by atoms with van der Waals surface area (Å²) in [5.74, 6) is 0.234. The first-order valence-corrected chi connectivity index (χ1v) is 5.20. The summed E-state index contributed by atoms with van der Waals surface area (Å²) in [6.07, 6.45) is 0. The monoisotopic (exact) mass is 247 g/mol. The molecule has 0 saturated heterocycles.